The van der Waals surface area contributed by atoms with E-state index in [2.05, 4.69) is 17.1 Å². The Balaban J connectivity index is 1.74. The summed E-state index contributed by atoms with van der Waals surface area (Å²) in [6.07, 6.45) is 3.42. The summed E-state index contributed by atoms with van der Waals surface area (Å²) in [5, 5.41) is 0. The zero-order valence-corrected chi connectivity index (χ0v) is 13.4. The summed E-state index contributed by atoms with van der Waals surface area (Å²) in [4.78, 5) is 19.1. The fraction of sp³-hybridized carbons (Fsp3) is 0.368. The topological polar surface area (TPSA) is 42.4 Å². The molecule has 23 heavy (non-hydrogen) atoms. The largest absolute Gasteiger partial charge is 0.379 e. The standard InChI is InChI=1S/C19H22N2O2/c1-15-7-8-17(13-20-15)19(22)21(18-10-12-23-14-18)11-9-16-5-3-2-4-6-16/h2-8,13,18H,9-12,14H2,1H3/t18-/m1/s1. The van der Waals surface area contributed by atoms with Crippen LogP contribution in [-0.2, 0) is 11.2 Å². The first-order valence-corrected chi connectivity index (χ1v) is 8.09. The van der Waals surface area contributed by atoms with Gasteiger partial charge in [0.2, 0.25) is 0 Å². The van der Waals surface area contributed by atoms with E-state index in [-0.39, 0.29) is 11.9 Å². The summed E-state index contributed by atoms with van der Waals surface area (Å²) in [5.74, 6) is 0.0453. The lowest BCUT2D eigenvalue weighted by molar-refractivity contribution is 0.0656. The van der Waals surface area contributed by atoms with Gasteiger partial charge in [0.25, 0.3) is 5.91 Å². The van der Waals surface area contributed by atoms with Gasteiger partial charge in [0.15, 0.2) is 0 Å². The normalized spacial score (nSPS) is 17.2. The van der Waals surface area contributed by atoms with Crippen LogP contribution < -0.4 is 0 Å². The highest BCUT2D eigenvalue weighted by Gasteiger charge is 2.28. The Morgan fingerprint density at radius 1 is 1.26 bits per heavy atom. The van der Waals surface area contributed by atoms with Crippen LogP contribution in [0.3, 0.4) is 0 Å². The Hall–Kier alpha value is -2.20. The van der Waals surface area contributed by atoms with Crippen LogP contribution in [-0.4, -0.2) is 41.6 Å². The molecule has 120 valence electrons. The van der Waals surface area contributed by atoms with Gasteiger partial charge in [-0.15, -0.1) is 0 Å². The number of hydrogen-bond acceptors (Lipinski definition) is 3. The number of aromatic nitrogens is 1. The molecule has 1 aliphatic heterocycles. The minimum atomic E-state index is 0.0453. The minimum absolute atomic E-state index is 0.0453. The molecule has 0 aliphatic carbocycles. The van der Waals surface area contributed by atoms with E-state index in [4.69, 9.17) is 4.74 Å². The number of amides is 1. The van der Waals surface area contributed by atoms with Crippen molar-refractivity contribution < 1.29 is 9.53 Å². The van der Waals surface area contributed by atoms with E-state index in [1.807, 2.05) is 42.2 Å². The van der Waals surface area contributed by atoms with Crippen molar-refractivity contribution in [2.24, 2.45) is 0 Å². The van der Waals surface area contributed by atoms with E-state index in [9.17, 15) is 4.79 Å². The first-order valence-electron chi connectivity index (χ1n) is 8.09. The summed E-state index contributed by atoms with van der Waals surface area (Å²) in [6, 6.07) is 14.2. The highest BCUT2D eigenvalue weighted by atomic mass is 16.5. The number of pyridine rings is 1. The Labute approximate surface area is 137 Å². The average Bonchev–Trinajstić information content (AvgIpc) is 3.11. The first-order chi connectivity index (χ1) is 11.2. The number of rotatable bonds is 5. The molecule has 1 fully saturated rings. The van der Waals surface area contributed by atoms with Gasteiger partial charge in [0, 0.05) is 25.0 Å². The molecule has 1 aromatic heterocycles. The number of hydrogen-bond donors (Lipinski definition) is 0. The van der Waals surface area contributed by atoms with Crippen LogP contribution in [0.5, 0.6) is 0 Å². The molecule has 2 aromatic rings. The average molecular weight is 310 g/mol. The second kappa shape index (κ2) is 7.38. The number of carbonyl (C=O) groups excluding carboxylic acids is 1. The zero-order valence-electron chi connectivity index (χ0n) is 13.4. The van der Waals surface area contributed by atoms with Crippen molar-refractivity contribution in [2.75, 3.05) is 19.8 Å². The van der Waals surface area contributed by atoms with E-state index >= 15 is 0 Å². The molecule has 0 N–H and O–H groups in total. The third-order valence-electron chi connectivity index (χ3n) is 4.25. The lowest BCUT2D eigenvalue weighted by atomic mass is 10.1. The third-order valence-corrected chi connectivity index (χ3v) is 4.25. The summed E-state index contributed by atoms with van der Waals surface area (Å²) >= 11 is 0. The quantitative estimate of drug-likeness (QED) is 0.853. The van der Waals surface area contributed by atoms with Gasteiger partial charge in [-0.1, -0.05) is 30.3 Å². The number of nitrogens with zero attached hydrogens (tertiary/aromatic N) is 2. The molecule has 0 unspecified atom stereocenters. The molecule has 0 spiro atoms. The van der Waals surface area contributed by atoms with E-state index in [0.717, 1.165) is 25.1 Å². The fourth-order valence-corrected chi connectivity index (χ4v) is 2.87. The van der Waals surface area contributed by atoms with Crippen LogP contribution >= 0.6 is 0 Å². The lowest BCUT2D eigenvalue weighted by Crippen LogP contribution is -2.42. The van der Waals surface area contributed by atoms with Gasteiger partial charge in [0.1, 0.15) is 0 Å². The molecule has 1 aliphatic rings. The summed E-state index contributed by atoms with van der Waals surface area (Å²) in [5.41, 5.74) is 2.81. The van der Waals surface area contributed by atoms with Crippen LogP contribution in [0, 0.1) is 6.92 Å². The smallest absolute Gasteiger partial charge is 0.255 e. The molecular weight excluding hydrogens is 288 g/mol. The predicted molar refractivity (Wildman–Crippen MR) is 89.4 cm³/mol. The van der Waals surface area contributed by atoms with E-state index in [0.29, 0.717) is 18.7 Å². The van der Waals surface area contributed by atoms with E-state index in [1.54, 1.807) is 6.20 Å². The van der Waals surface area contributed by atoms with Crippen molar-refractivity contribution in [3.05, 3.63) is 65.5 Å². The van der Waals surface area contributed by atoms with Crippen molar-refractivity contribution >= 4 is 5.91 Å². The molecule has 2 heterocycles. The molecule has 0 saturated carbocycles. The van der Waals surface area contributed by atoms with Crippen molar-refractivity contribution in [3.8, 4) is 0 Å². The van der Waals surface area contributed by atoms with E-state index in [1.165, 1.54) is 5.56 Å². The molecule has 1 amide bonds. The van der Waals surface area contributed by atoms with Crippen LogP contribution in [0.4, 0.5) is 0 Å². The maximum Gasteiger partial charge on any atom is 0.255 e. The van der Waals surface area contributed by atoms with Gasteiger partial charge in [-0.2, -0.15) is 0 Å². The van der Waals surface area contributed by atoms with Crippen molar-refractivity contribution in [1.29, 1.82) is 0 Å². The molecule has 4 heteroatoms. The Morgan fingerprint density at radius 2 is 2.09 bits per heavy atom. The van der Waals surface area contributed by atoms with E-state index < -0.39 is 0 Å². The monoisotopic (exact) mass is 310 g/mol. The third kappa shape index (κ3) is 3.96. The fourth-order valence-electron chi connectivity index (χ4n) is 2.87. The Bertz CT molecular complexity index is 634. The van der Waals surface area contributed by atoms with Gasteiger partial charge in [-0.05, 0) is 37.5 Å². The van der Waals surface area contributed by atoms with Crippen LogP contribution in [0.15, 0.2) is 48.7 Å². The maximum absolute atomic E-state index is 12.9. The van der Waals surface area contributed by atoms with Gasteiger partial charge in [-0.25, -0.2) is 0 Å². The summed E-state index contributed by atoms with van der Waals surface area (Å²) < 4.78 is 5.49. The minimum Gasteiger partial charge on any atom is -0.379 e. The Kier molecular flexibility index (Phi) is 5.03. The molecule has 3 rings (SSSR count). The van der Waals surface area contributed by atoms with Crippen molar-refractivity contribution in [3.63, 3.8) is 0 Å². The molecule has 1 saturated heterocycles. The molecule has 0 radical (unpaired) electrons. The van der Waals surface area contributed by atoms with Gasteiger partial charge in [0.05, 0.1) is 18.2 Å². The maximum atomic E-state index is 12.9. The highest BCUT2D eigenvalue weighted by Crippen LogP contribution is 2.17. The number of aryl methyl sites for hydroxylation is 1. The van der Waals surface area contributed by atoms with Crippen molar-refractivity contribution in [2.45, 2.75) is 25.8 Å². The molecule has 4 nitrogen and oxygen atoms in total. The summed E-state index contributed by atoms with van der Waals surface area (Å²) in [7, 11) is 0. The lowest BCUT2D eigenvalue weighted by Gasteiger charge is -2.28. The van der Waals surface area contributed by atoms with Gasteiger partial charge in [-0.3, -0.25) is 9.78 Å². The molecule has 1 aromatic carbocycles. The Morgan fingerprint density at radius 3 is 2.74 bits per heavy atom. The van der Waals surface area contributed by atoms with Gasteiger partial charge < -0.3 is 9.64 Å². The zero-order chi connectivity index (χ0) is 16.1. The van der Waals surface area contributed by atoms with Crippen molar-refractivity contribution in [1.82, 2.24) is 9.88 Å². The predicted octanol–water partition coefficient (Wildman–Crippen LogP) is 2.86. The second-order valence-electron chi connectivity index (χ2n) is 5.94. The molecule has 1 atom stereocenters. The SMILES string of the molecule is Cc1ccc(C(=O)N(CCc2ccccc2)[C@@H]2CCOC2)cn1. The summed E-state index contributed by atoms with van der Waals surface area (Å²) in [6.45, 7) is 3.97. The number of benzene rings is 1. The molecule has 0 bridgehead atoms. The second-order valence-corrected chi connectivity index (χ2v) is 5.94. The van der Waals surface area contributed by atoms with Gasteiger partial charge >= 0.3 is 0 Å². The van der Waals surface area contributed by atoms with Crippen LogP contribution in [0.2, 0.25) is 0 Å². The molecular formula is C19H22N2O2. The van der Waals surface area contributed by atoms with Crippen LogP contribution in [0.25, 0.3) is 0 Å². The number of carbonyl (C=O) groups is 1. The first kappa shape index (κ1) is 15.7. The number of ether oxygens (including phenoxy) is 1. The van der Waals surface area contributed by atoms with Crippen LogP contribution in [0.1, 0.15) is 28.0 Å². The highest BCUT2D eigenvalue weighted by molar-refractivity contribution is 5.94.